The summed E-state index contributed by atoms with van der Waals surface area (Å²) in [5, 5.41) is 1.27. The summed E-state index contributed by atoms with van der Waals surface area (Å²) in [6.07, 6.45) is 0. The number of aromatic nitrogens is 1. The number of hydrogen-bond acceptors (Lipinski definition) is 5. The van der Waals surface area contributed by atoms with E-state index in [9.17, 15) is 9.59 Å². The van der Waals surface area contributed by atoms with E-state index in [2.05, 4.69) is 4.99 Å². The van der Waals surface area contributed by atoms with Crippen LogP contribution in [0.15, 0.2) is 62.7 Å². The van der Waals surface area contributed by atoms with Crippen molar-refractivity contribution in [1.82, 2.24) is 4.57 Å². The molecule has 0 saturated heterocycles. The first-order chi connectivity index (χ1) is 14.1. The number of carbonyl (C=O) groups is 1. The third-order valence-electron chi connectivity index (χ3n) is 4.38. The first kappa shape index (κ1) is 19.6. The summed E-state index contributed by atoms with van der Waals surface area (Å²) in [4.78, 5) is 29.8. The highest BCUT2D eigenvalue weighted by molar-refractivity contribution is 7.16. The third kappa shape index (κ3) is 4.03. The van der Waals surface area contributed by atoms with Gasteiger partial charge < -0.3 is 13.7 Å². The Morgan fingerprint density at radius 1 is 1.24 bits per heavy atom. The van der Waals surface area contributed by atoms with E-state index < -0.39 is 11.5 Å². The Labute approximate surface area is 174 Å². The first-order valence-corrected chi connectivity index (χ1v) is 10.2. The van der Waals surface area contributed by atoms with Gasteiger partial charge in [-0.2, -0.15) is 4.99 Å². The zero-order valence-electron chi connectivity index (χ0n) is 15.6. The number of halogens is 1. The standard InChI is InChI=1S/C21H17ClN2O4S/c1-2-27-10-9-24-16-8-7-14(22)12-18(16)29-21(24)23-19(25)15-11-13-5-3-4-6-17(13)28-20(15)26/h3-8,11-12H,2,9-10H2,1H3. The monoisotopic (exact) mass is 428 g/mol. The van der Waals surface area contributed by atoms with Crippen LogP contribution in [0.25, 0.3) is 21.2 Å². The number of hydrogen-bond donors (Lipinski definition) is 0. The molecule has 0 unspecified atom stereocenters. The number of amides is 1. The van der Waals surface area contributed by atoms with Gasteiger partial charge in [0.2, 0.25) is 0 Å². The molecule has 6 nitrogen and oxygen atoms in total. The molecule has 0 saturated carbocycles. The summed E-state index contributed by atoms with van der Waals surface area (Å²) < 4.78 is 13.5. The fraction of sp³-hybridized carbons (Fsp3) is 0.190. The minimum atomic E-state index is -0.706. The van der Waals surface area contributed by atoms with E-state index in [4.69, 9.17) is 20.8 Å². The van der Waals surface area contributed by atoms with Crippen LogP contribution in [-0.4, -0.2) is 23.7 Å². The Kier molecular flexibility index (Phi) is 5.62. The van der Waals surface area contributed by atoms with Crippen LogP contribution in [0.2, 0.25) is 5.02 Å². The second-order valence-electron chi connectivity index (χ2n) is 6.25. The summed E-state index contributed by atoms with van der Waals surface area (Å²) in [5.41, 5.74) is 0.520. The summed E-state index contributed by atoms with van der Waals surface area (Å²) in [6.45, 7) is 3.51. The molecule has 0 N–H and O–H groups in total. The summed E-state index contributed by atoms with van der Waals surface area (Å²) in [5.74, 6) is -0.646. The number of benzene rings is 2. The van der Waals surface area contributed by atoms with Crippen molar-refractivity contribution >= 4 is 50.0 Å². The molecular weight excluding hydrogens is 412 g/mol. The minimum Gasteiger partial charge on any atom is -0.422 e. The molecule has 2 heterocycles. The molecule has 0 radical (unpaired) electrons. The highest BCUT2D eigenvalue weighted by Gasteiger charge is 2.15. The molecule has 0 aliphatic rings. The van der Waals surface area contributed by atoms with Gasteiger partial charge in [0.25, 0.3) is 5.91 Å². The third-order valence-corrected chi connectivity index (χ3v) is 5.65. The van der Waals surface area contributed by atoms with Crippen LogP contribution in [0, 0.1) is 0 Å². The number of nitrogens with zero attached hydrogens (tertiary/aromatic N) is 2. The van der Waals surface area contributed by atoms with E-state index in [0.29, 0.717) is 40.6 Å². The average Bonchev–Trinajstić information content (AvgIpc) is 3.03. The van der Waals surface area contributed by atoms with Crippen LogP contribution in [-0.2, 0) is 11.3 Å². The van der Waals surface area contributed by atoms with Gasteiger partial charge in [0.15, 0.2) is 4.80 Å². The van der Waals surface area contributed by atoms with Gasteiger partial charge in [-0.15, -0.1) is 0 Å². The maximum atomic E-state index is 12.8. The van der Waals surface area contributed by atoms with Gasteiger partial charge in [0.05, 0.1) is 16.8 Å². The first-order valence-electron chi connectivity index (χ1n) is 9.05. The average molecular weight is 429 g/mol. The van der Waals surface area contributed by atoms with Crippen molar-refractivity contribution in [3.05, 3.63) is 74.3 Å². The van der Waals surface area contributed by atoms with Crippen molar-refractivity contribution in [3.8, 4) is 0 Å². The molecule has 0 aliphatic heterocycles. The van der Waals surface area contributed by atoms with Crippen LogP contribution in [0.1, 0.15) is 17.3 Å². The SMILES string of the molecule is CCOCCn1c(=NC(=O)c2cc3ccccc3oc2=O)sc2cc(Cl)ccc21. The van der Waals surface area contributed by atoms with E-state index in [0.717, 1.165) is 10.2 Å². The number of ether oxygens (including phenoxy) is 1. The van der Waals surface area contributed by atoms with E-state index >= 15 is 0 Å². The summed E-state index contributed by atoms with van der Waals surface area (Å²) in [7, 11) is 0. The second-order valence-corrected chi connectivity index (χ2v) is 7.69. The molecule has 4 aromatic rings. The number of rotatable bonds is 5. The Bertz CT molecular complexity index is 1340. The van der Waals surface area contributed by atoms with Crippen molar-refractivity contribution in [1.29, 1.82) is 0 Å². The molecule has 29 heavy (non-hydrogen) atoms. The fourth-order valence-electron chi connectivity index (χ4n) is 3.01. The van der Waals surface area contributed by atoms with E-state index in [1.165, 1.54) is 17.4 Å². The molecule has 1 amide bonds. The highest BCUT2D eigenvalue weighted by Crippen LogP contribution is 2.22. The quantitative estimate of drug-likeness (QED) is 0.352. The van der Waals surface area contributed by atoms with Crippen LogP contribution < -0.4 is 10.4 Å². The normalized spacial score (nSPS) is 12.1. The van der Waals surface area contributed by atoms with Gasteiger partial charge in [-0.25, -0.2) is 4.79 Å². The largest absolute Gasteiger partial charge is 0.422 e. The van der Waals surface area contributed by atoms with Gasteiger partial charge >= 0.3 is 5.63 Å². The molecule has 8 heteroatoms. The Balaban J connectivity index is 1.82. The molecule has 148 valence electrons. The van der Waals surface area contributed by atoms with Gasteiger partial charge in [-0.3, -0.25) is 4.79 Å². The summed E-state index contributed by atoms with van der Waals surface area (Å²) >= 11 is 7.44. The predicted molar refractivity (Wildman–Crippen MR) is 114 cm³/mol. The predicted octanol–water partition coefficient (Wildman–Crippen LogP) is 4.24. The molecule has 0 aliphatic carbocycles. The van der Waals surface area contributed by atoms with Crippen molar-refractivity contribution < 1.29 is 13.9 Å². The van der Waals surface area contributed by atoms with Crippen LogP contribution in [0.3, 0.4) is 0 Å². The molecular formula is C21H17ClN2O4S. The fourth-order valence-corrected chi connectivity index (χ4v) is 4.34. The van der Waals surface area contributed by atoms with Gasteiger partial charge in [-0.05, 0) is 37.3 Å². The molecule has 2 aromatic carbocycles. The van der Waals surface area contributed by atoms with Crippen molar-refractivity contribution in [2.24, 2.45) is 4.99 Å². The van der Waals surface area contributed by atoms with E-state index in [-0.39, 0.29) is 5.56 Å². The molecule has 0 fully saturated rings. The molecule has 0 bridgehead atoms. The molecule has 0 atom stereocenters. The molecule has 2 aromatic heterocycles. The number of para-hydroxylation sites is 1. The Hall–Kier alpha value is -2.74. The zero-order valence-corrected chi connectivity index (χ0v) is 17.1. The van der Waals surface area contributed by atoms with Crippen LogP contribution in [0.4, 0.5) is 0 Å². The number of thiazole rings is 1. The number of carbonyl (C=O) groups excluding carboxylic acids is 1. The van der Waals surface area contributed by atoms with Gasteiger partial charge in [-0.1, -0.05) is 41.1 Å². The highest BCUT2D eigenvalue weighted by atomic mass is 35.5. The number of fused-ring (bicyclic) bond motifs is 2. The lowest BCUT2D eigenvalue weighted by Gasteiger charge is -2.05. The van der Waals surface area contributed by atoms with Crippen molar-refractivity contribution in [3.63, 3.8) is 0 Å². The zero-order chi connectivity index (χ0) is 20.4. The lowest BCUT2D eigenvalue weighted by atomic mass is 10.2. The lowest BCUT2D eigenvalue weighted by Crippen LogP contribution is -2.21. The maximum Gasteiger partial charge on any atom is 0.349 e. The van der Waals surface area contributed by atoms with Crippen LogP contribution >= 0.6 is 22.9 Å². The van der Waals surface area contributed by atoms with E-state index in [1.807, 2.05) is 29.7 Å². The van der Waals surface area contributed by atoms with Gasteiger partial charge in [0.1, 0.15) is 11.1 Å². The maximum absolute atomic E-state index is 12.8. The Morgan fingerprint density at radius 2 is 2.07 bits per heavy atom. The molecule has 4 rings (SSSR count). The van der Waals surface area contributed by atoms with Crippen LogP contribution in [0.5, 0.6) is 0 Å². The van der Waals surface area contributed by atoms with Crippen molar-refractivity contribution in [2.75, 3.05) is 13.2 Å². The summed E-state index contributed by atoms with van der Waals surface area (Å²) in [6, 6.07) is 14.0. The lowest BCUT2D eigenvalue weighted by molar-refractivity contribution is 0.0993. The minimum absolute atomic E-state index is 0.101. The smallest absolute Gasteiger partial charge is 0.349 e. The van der Waals surface area contributed by atoms with E-state index in [1.54, 1.807) is 24.3 Å². The van der Waals surface area contributed by atoms with Crippen molar-refractivity contribution in [2.45, 2.75) is 13.5 Å². The topological polar surface area (TPSA) is 73.8 Å². The Morgan fingerprint density at radius 3 is 2.90 bits per heavy atom. The molecule has 0 spiro atoms. The second kappa shape index (κ2) is 8.32. The van der Waals surface area contributed by atoms with Gasteiger partial charge in [0, 0.05) is 23.6 Å².